The maximum atomic E-state index is 9.64. The molecule has 1 aromatic carbocycles. The van der Waals surface area contributed by atoms with E-state index in [4.69, 9.17) is 5.73 Å². The zero-order chi connectivity index (χ0) is 9.97. The summed E-state index contributed by atoms with van der Waals surface area (Å²) >= 11 is 0. The van der Waals surface area contributed by atoms with Crippen LogP contribution in [0.25, 0.3) is 11.1 Å². The van der Waals surface area contributed by atoms with Gasteiger partial charge in [-0.25, -0.2) is 0 Å². The second-order valence-electron chi connectivity index (χ2n) is 2.98. The molecule has 0 aliphatic carbocycles. The summed E-state index contributed by atoms with van der Waals surface area (Å²) in [5.74, 6) is 0.191. The molecule has 1 aromatic heterocycles. The summed E-state index contributed by atoms with van der Waals surface area (Å²) in [5, 5.41) is 9.64. The third kappa shape index (κ3) is 2.19. The highest BCUT2D eigenvalue weighted by atomic mass is 35.5. The quantitative estimate of drug-likeness (QED) is 0.729. The van der Waals surface area contributed by atoms with Crippen molar-refractivity contribution < 1.29 is 5.11 Å². The van der Waals surface area contributed by atoms with Gasteiger partial charge in [-0.05, 0) is 29.8 Å². The van der Waals surface area contributed by atoms with Crippen LogP contribution < -0.4 is 5.73 Å². The molecule has 15 heavy (non-hydrogen) atoms. The summed E-state index contributed by atoms with van der Waals surface area (Å²) in [6.45, 7) is 0. The first kappa shape index (κ1) is 11.3. The van der Waals surface area contributed by atoms with E-state index in [2.05, 4.69) is 4.98 Å². The molecule has 0 aliphatic rings. The molecule has 0 aliphatic heterocycles. The summed E-state index contributed by atoms with van der Waals surface area (Å²) in [6, 6.07) is 8.72. The van der Waals surface area contributed by atoms with Crippen molar-refractivity contribution in [3.05, 3.63) is 42.7 Å². The lowest BCUT2D eigenvalue weighted by atomic mass is 10.0. The molecule has 78 valence electrons. The minimum atomic E-state index is 0. The van der Waals surface area contributed by atoms with E-state index in [0.717, 1.165) is 5.56 Å². The fourth-order valence-electron chi connectivity index (χ4n) is 1.39. The average Bonchev–Trinajstić information content (AvgIpc) is 2.19. The number of phenolic OH excluding ortho intramolecular Hbond substituents is 1. The monoisotopic (exact) mass is 222 g/mol. The zero-order valence-corrected chi connectivity index (χ0v) is 8.74. The van der Waals surface area contributed by atoms with Crippen LogP contribution in [0.4, 0.5) is 5.69 Å². The van der Waals surface area contributed by atoms with E-state index in [1.54, 1.807) is 30.6 Å². The maximum absolute atomic E-state index is 9.64. The van der Waals surface area contributed by atoms with Crippen molar-refractivity contribution >= 4 is 18.1 Å². The molecule has 0 radical (unpaired) electrons. The first-order chi connectivity index (χ1) is 6.79. The van der Waals surface area contributed by atoms with Gasteiger partial charge in [0.15, 0.2) is 0 Å². The highest BCUT2D eigenvalue weighted by Gasteiger charge is 2.06. The molecular formula is C11H11ClN2O. The Hall–Kier alpha value is -1.74. The van der Waals surface area contributed by atoms with Gasteiger partial charge < -0.3 is 10.8 Å². The van der Waals surface area contributed by atoms with Crippen molar-refractivity contribution in [3.8, 4) is 16.9 Å². The minimum Gasteiger partial charge on any atom is -0.507 e. The highest BCUT2D eigenvalue weighted by molar-refractivity contribution is 5.85. The Morgan fingerprint density at radius 2 is 1.73 bits per heavy atom. The van der Waals surface area contributed by atoms with Gasteiger partial charge in [0.25, 0.3) is 0 Å². The lowest BCUT2D eigenvalue weighted by Crippen LogP contribution is -1.90. The molecule has 0 spiro atoms. The summed E-state index contributed by atoms with van der Waals surface area (Å²) in [5.41, 5.74) is 7.87. The fourth-order valence-corrected chi connectivity index (χ4v) is 1.39. The molecule has 4 heteroatoms. The van der Waals surface area contributed by atoms with E-state index in [1.807, 2.05) is 12.1 Å². The molecule has 2 rings (SSSR count). The SMILES string of the molecule is Cl.Nc1cccc(O)c1-c1ccncc1. The Labute approximate surface area is 94.0 Å². The summed E-state index contributed by atoms with van der Waals surface area (Å²) < 4.78 is 0. The van der Waals surface area contributed by atoms with E-state index in [-0.39, 0.29) is 18.2 Å². The van der Waals surface area contributed by atoms with Crippen LogP contribution in [0.15, 0.2) is 42.7 Å². The van der Waals surface area contributed by atoms with E-state index in [1.165, 1.54) is 0 Å². The summed E-state index contributed by atoms with van der Waals surface area (Å²) in [4.78, 5) is 3.91. The third-order valence-corrected chi connectivity index (χ3v) is 2.04. The van der Waals surface area contributed by atoms with Gasteiger partial charge in [-0.1, -0.05) is 6.07 Å². The lowest BCUT2D eigenvalue weighted by molar-refractivity contribution is 0.477. The first-order valence-electron chi connectivity index (χ1n) is 4.27. The molecule has 0 unspecified atom stereocenters. The van der Waals surface area contributed by atoms with Gasteiger partial charge in [-0.3, -0.25) is 4.98 Å². The normalized spacial score (nSPS) is 9.33. The van der Waals surface area contributed by atoms with Gasteiger partial charge >= 0.3 is 0 Å². The average molecular weight is 223 g/mol. The van der Waals surface area contributed by atoms with Crippen LogP contribution in [-0.4, -0.2) is 10.1 Å². The van der Waals surface area contributed by atoms with Crippen molar-refractivity contribution in [2.75, 3.05) is 5.73 Å². The number of rotatable bonds is 1. The van der Waals surface area contributed by atoms with Gasteiger partial charge in [0.1, 0.15) is 5.75 Å². The number of benzene rings is 1. The van der Waals surface area contributed by atoms with Crippen LogP contribution in [0.2, 0.25) is 0 Å². The van der Waals surface area contributed by atoms with Gasteiger partial charge in [0.05, 0.1) is 0 Å². The third-order valence-electron chi connectivity index (χ3n) is 2.04. The van der Waals surface area contributed by atoms with Crippen LogP contribution in [0.5, 0.6) is 5.75 Å². The van der Waals surface area contributed by atoms with E-state index >= 15 is 0 Å². The minimum absolute atomic E-state index is 0. The number of hydrogen-bond donors (Lipinski definition) is 2. The number of hydrogen-bond acceptors (Lipinski definition) is 3. The number of pyridine rings is 1. The number of nitrogens with zero attached hydrogens (tertiary/aromatic N) is 1. The molecule has 0 saturated heterocycles. The summed E-state index contributed by atoms with van der Waals surface area (Å²) in [7, 11) is 0. The Bertz CT molecular complexity index is 425. The van der Waals surface area contributed by atoms with E-state index in [9.17, 15) is 5.11 Å². The number of nitrogen functional groups attached to an aromatic ring is 1. The van der Waals surface area contributed by atoms with Crippen LogP contribution in [-0.2, 0) is 0 Å². The molecule has 0 bridgehead atoms. The molecule has 0 fully saturated rings. The Kier molecular flexibility index (Phi) is 3.52. The van der Waals surface area contributed by atoms with Crippen LogP contribution in [0.3, 0.4) is 0 Å². The van der Waals surface area contributed by atoms with Crippen LogP contribution in [0, 0.1) is 0 Å². The van der Waals surface area contributed by atoms with Crippen molar-refractivity contribution in [1.82, 2.24) is 4.98 Å². The zero-order valence-electron chi connectivity index (χ0n) is 7.92. The number of phenols is 1. The Balaban J connectivity index is 0.00000112. The van der Waals surface area contributed by atoms with E-state index in [0.29, 0.717) is 11.3 Å². The predicted octanol–water partition coefficient (Wildman–Crippen LogP) is 2.46. The number of aromatic nitrogens is 1. The first-order valence-corrected chi connectivity index (χ1v) is 4.27. The Morgan fingerprint density at radius 1 is 1.07 bits per heavy atom. The van der Waals surface area contributed by atoms with Gasteiger partial charge in [0.2, 0.25) is 0 Å². The Morgan fingerprint density at radius 3 is 2.33 bits per heavy atom. The topological polar surface area (TPSA) is 59.1 Å². The second-order valence-corrected chi connectivity index (χ2v) is 2.98. The molecule has 0 atom stereocenters. The number of nitrogens with two attached hydrogens (primary N) is 1. The molecule has 0 saturated carbocycles. The largest absolute Gasteiger partial charge is 0.507 e. The molecule has 2 aromatic rings. The molecule has 1 heterocycles. The van der Waals surface area contributed by atoms with Crippen molar-refractivity contribution in [2.24, 2.45) is 0 Å². The van der Waals surface area contributed by atoms with E-state index < -0.39 is 0 Å². The number of halogens is 1. The highest BCUT2D eigenvalue weighted by Crippen LogP contribution is 2.33. The molecular weight excluding hydrogens is 212 g/mol. The van der Waals surface area contributed by atoms with Gasteiger partial charge in [-0.15, -0.1) is 12.4 Å². The van der Waals surface area contributed by atoms with Gasteiger partial charge in [0, 0.05) is 23.6 Å². The molecule has 3 nitrogen and oxygen atoms in total. The fraction of sp³-hybridized carbons (Fsp3) is 0. The smallest absolute Gasteiger partial charge is 0.125 e. The van der Waals surface area contributed by atoms with Crippen LogP contribution in [0.1, 0.15) is 0 Å². The number of anilines is 1. The standard InChI is InChI=1S/C11H10N2O.ClH/c12-9-2-1-3-10(14)11(9)8-4-6-13-7-5-8;/h1-7,14H,12H2;1H. The van der Waals surface area contributed by atoms with Crippen molar-refractivity contribution in [1.29, 1.82) is 0 Å². The van der Waals surface area contributed by atoms with Crippen LogP contribution >= 0.6 is 12.4 Å². The molecule has 0 amide bonds. The second kappa shape index (κ2) is 4.66. The predicted molar refractivity (Wildman–Crippen MR) is 63.0 cm³/mol. The van der Waals surface area contributed by atoms with Gasteiger partial charge in [-0.2, -0.15) is 0 Å². The van der Waals surface area contributed by atoms with Crippen molar-refractivity contribution in [3.63, 3.8) is 0 Å². The van der Waals surface area contributed by atoms with Crippen molar-refractivity contribution in [2.45, 2.75) is 0 Å². The maximum Gasteiger partial charge on any atom is 0.125 e. The summed E-state index contributed by atoms with van der Waals surface area (Å²) in [6.07, 6.45) is 3.34. The lowest BCUT2D eigenvalue weighted by Gasteiger charge is -2.07. The molecule has 3 N–H and O–H groups in total. The number of aromatic hydroxyl groups is 1.